The number of hydrogen-bond donors (Lipinski definition) is 2. The van der Waals surface area contributed by atoms with Crippen LogP contribution in [0.3, 0.4) is 0 Å². The summed E-state index contributed by atoms with van der Waals surface area (Å²) < 4.78 is 13.4. The maximum atomic E-state index is 13.4. The second-order valence-electron chi connectivity index (χ2n) is 3.31. The van der Waals surface area contributed by atoms with Gasteiger partial charge in [-0.15, -0.1) is 0 Å². The summed E-state index contributed by atoms with van der Waals surface area (Å²) in [5.41, 5.74) is 5.44. The molecule has 0 atom stereocenters. The third-order valence-corrected chi connectivity index (χ3v) is 1.99. The summed E-state index contributed by atoms with van der Waals surface area (Å²) >= 11 is 0. The van der Waals surface area contributed by atoms with E-state index in [2.05, 4.69) is 11.8 Å². The third kappa shape index (κ3) is 4.34. The van der Waals surface area contributed by atoms with Crippen LogP contribution in [-0.4, -0.2) is 17.0 Å². The van der Waals surface area contributed by atoms with Crippen LogP contribution >= 0.6 is 0 Å². The molecule has 0 radical (unpaired) electrons. The first kappa shape index (κ1) is 12.7. The fourth-order valence-electron chi connectivity index (χ4n) is 1.20. The van der Waals surface area contributed by atoms with Gasteiger partial charge in [-0.3, -0.25) is 9.59 Å². The number of hydrogen-bond acceptors (Lipinski definition) is 2. The van der Waals surface area contributed by atoms with E-state index in [1.54, 1.807) is 0 Å². The molecule has 1 aromatic rings. The van der Waals surface area contributed by atoms with Crippen molar-refractivity contribution >= 4 is 11.9 Å². The Morgan fingerprint density at radius 3 is 2.65 bits per heavy atom. The van der Waals surface area contributed by atoms with E-state index in [1.165, 1.54) is 12.1 Å². The van der Waals surface area contributed by atoms with Gasteiger partial charge in [-0.2, -0.15) is 0 Å². The van der Waals surface area contributed by atoms with E-state index < -0.39 is 17.7 Å². The van der Waals surface area contributed by atoms with Crippen LogP contribution in [0.2, 0.25) is 0 Å². The highest BCUT2D eigenvalue weighted by Gasteiger charge is 2.05. The molecule has 0 aliphatic carbocycles. The fraction of sp³-hybridized carbons (Fsp3) is 0.167. The number of primary amides is 1. The topological polar surface area (TPSA) is 80.4 Å². The molecule has 1 rings (SSSR count). The van der Waals surface area contributed by atoms with Crippen LogP contribution < -0.4 is 5.73 Å². The van der Waals surface area contributed by atoms with Crippen LogP contribution in [-0.2, 0) is 16.0 Å². The molecule has 17 heavy (non-hydrogen) atoms. The van der Waals surface area contributed by atoms with Crippen LogP contribution in [0.15, 0.2) is 18.2 Å². The Labute approximate surface area is 97.2 Å². The fourth-order valence-corrected chi connectivity index (χ4v) is 1.20. The SMILES string of the molecule is NC(=O)C#Cc1ccc(CCC(=O)O)c(F)c1. The molecule has 0 fully saturated rings. The first-order valence-electron chi connectivity index (χ1n) is 4.80. The van der Waals surface area contributed by atoms with Gasteiger partial charge in [0.1, 0.15) is 5.82 Å². The summed E-state index contributed by atoms with van der Waals surface area (Å²) in [5, 5.41) is 8.47. The molecule has 0 saturated heterocycles. The molecule has 0 saturated carbocycles. The number of carboxylic acids is 1. The molecule has 4 nitrogen and oxygen atoms in total. The summed E-state index contributed by atoms with van der Waals surface area (Å²) in [5.74, 6) is 2.17. The molecule has 1 amide bonds. The number of rotatable bonds is 3. The van der Waals surface area contributed by atoms with Crippen molar-refractivity contribution in [3.63, 3.8) is 0 Å². The van der Waals surface area contributed by atoms with E-state index in [0.29, 0.717) is 11.1 Å². The van der Waals surface area contributed by atoms with Gasteiger partial charge < -0.3 is 10.8 Å². The van der Waals surface area contributed by atoms with Crippen LogP contribution in [0.4, 0.5) is 4.39 Å². The maximum Gasteiger partial charge on any atom is 0.303 e. The Kier molecular flexibility index (Phi) is 4.23. The first-order chi connectivity index (χ1) is 7.99. The molecule has 0 unspecified atom stereocenters. The summed E-state index contributed by atoms with van der Waals surface area (Å²) in [6.07, 6.45) is -0.0199. The van der Waals surface area contributed by atoms with Gasteiger partial charge in [-0.05, 0) is 30.0 Å². The van der Waals surface area contributed by atoms with Gasteiger partial charge in [0.2, 0.25) is 0 Å². The average molecular weight is 235 g/mol. The normalized spacial score (nSPS) is 9.24. The number of halogens is 1. The van der Waals surface area contributed by atoms with Gasteiger partial charge in [-0.25, -0.2) is 4.39 Å². The van der Waals surface area contributed by atoms with Crippen molar-refractivity contribution in [2.24, 2.45) is 5.73 Å². The van der Waals surface area contributed by atoms with Crippen molar-refractivity contribution in [2.45, 2.75) is 12.8 Å². The Balaban J connectivity index is 2.83. The van der Waals surface area contributed by atoms with E-state index in [0.717, 1.165) is 6.07 Å². The standard InChI is InChI=1S/C12H10FNO3/c13-10-7-8(2-5-11(14)15)1-3-9(10)4-6-12(16)17/h1,3,7H,4,6H2,(H2,14,15)(H,16,17). The van der Waals surface area contributed by atoms with Crippen molar-refractivity contribution in [3.8, 4) is 11.8 Å². The number of aliphatic carboxylic acids is 1. The molecule has 88 valence electrons. The molecule has 0 heterocycles. The lowest BCUT2D eigenvalue weighted by Gasteiger charge is -2.01. The average Bonchev–Trinajstić information content (AvgIpc) is 2.24. The quantitative estimate of drug-likeness (QED) is 0.756. The monoisotopic (exact) mass is 235 g/mol. The predicted octanol–water partition coefficient (Wildman–Crippen LogP) is 0.680. The van der Waals surface area contributed by atoms with Crippen LogP contribution in [0.25, 0.3) is 0 Å². The molecular formula is C12H10FNO3. The van der Waals surface area contributed by atoms with Crippen molar-refractivity contribution in [2.75, 3.05) is 0 Å². The molecule has 0 aromatic heterocycles. The minimum atomic E-state index is -0.984. The number of carboxylic acid groups (broad SMARTS) is 1. The lowest BCUT2D eigenvalue weighted by Crippen LogP contribution is -2.06. The molecule has 1 aromatic carbocycles. The van der Waals surface area contributed by atoms with Gasteiger partial charge >= 0.3 is 5.97 Å². The Hall–Kier alpha value is -2.35. The van der Waals surface area contributed by atoms with Crippen molar-refractivity contribution in [1.29, 1.82) is 0 Å². The van der Waals surface area contributed by atoms with E-state index in [1.807, 2.05) is 0 Å². The van der Waals surface area contributed by atoms with Crippen LogP contribution in [0, 0.1) is 17.7 Å². The lowest BCUT2D eigenvalue weighted by atomic mass is 10.1. The van der Waals surface area contributed by atoms with Crippen LogP contribution in [0.5, 0.6) is 0 Å². The summed E-state index contributed by atoms with van der Waals surface area (Å²) in [4.78, 5) is 20.7. The molecule has 0 aliphatic rings. The summed E-state index contributed by atoms with van der Waals surface area (Å²) in [7, 11) is 0. The molecule has 0 bridgehead atoms. The zero-order valence-electron chi connectivity index (χ0n) is 8.87. The summed E-state index contributed by atoms with van der Waals surface area (Å²) in [6.45, 7) is 0. The van der Waals surface area contributed by atoms with Crippen LogP contribution in [0.1, 0.15) is 17.5 Å². The molecule has 0 aliphatic heterocycles. The van der Waals surface area contributed by atoms with Gasteiger partial charge in [0, 0.05) is 12.0 Å². The first-order valence-corrected chi connectivity index (χ1v) is 4.80. The number of amides is 1. The number of benzene rings is 1. The number of nitrogens with two attached hydrogens (primary N) is 1. The van der Waals surface area contributed by atoms with Gasteiger partial charge in [0.25, 0.3) is 5.91 Å². The number of carbonyl (C=O) groups is 2. The van der Waals surface area contributed by atoms with E-state index >= 15 is 0 Å². The zero-order valence-corrected chi connectivity index (χ0v) is 8.87. The molecule has 5 heteroatoms. The second-order valence-corrected chi connectivity index (χ2v) is 3.31. The smallest absolute Gasteiger partial charge is 0.303 e. The second kappa shape index (κ2) is 5.66. The third-order valence-electron chi connectivity index (χ3n) is 1.99. The largest absolute Gasteiger partial charge is 0.481 e. The Morgan fingerprint density at radius 1 is 1.41 bits per heavy atom. The minimum absolute atomic E-state index is 0.116. The van der Waals surface area contributed by atoms with Gasteiger partial charge in [-0.1, -0.05) is 12.0 Å². The molecule has 3 N–H and O–H groups in total. The van der Waals surface area contributed by atoms with E-state index in [4.69, 9.17) is 10.8 Å². The number of aryl methyl sites for hydroxylation is 1. The summed E-state index contributed by atoms with van der Waals surface area (Å²) in [6, 6.07) is 4.10. The lowest BCUT2D eigenvalue weighted by molar-refractivity contribution is -0.137. The van der Waals surface area contributed by atoms with E-state index in [-0.39, 0.29) is 12.8 Å². The maximum absolute atomic E-state index is 13.4. The van der Waals surface area contributed by atoms with Crippen molar-refractivity contribution < 1.29 is 19.1 Å². The zero-order chi connectivity index (χ0) is 12.8. The predicted molar refractivity (Wildman–Crippen MR) is 58.4 cm³/mol. The van der Waals surface area contributed by atoms with Crippen molar-refractivity contribution in [1.82, 2.24) is 0 Å². The highest BCUT2D eigenvalue weighted by Crippen LogP contribution is 2.11. The number of carbonyl (C=O) groups excluding carboxylic acids is 1. The van der Waals surface area contributed by atoms with E-state index in [9.17, 15) is 14.0 Å². The molecular weight excluding hydrogens is 225 g/mol. The molecule has 0 spiro atoms. The Bertz CT molecular complexity index is 514. The Morgan fingerprint density at radius 2 is 2.12 bits per heavy atom. The minimum Gasteiger partial charge on any atom is -0.481 e. The highest BCUT2D eigenvalue weighted by molar-refractivity contribution is 5.92. The highest BCUT2D eigenvalue weighted by atomic mass is 19.1. The van der Waals surface area contributed by atoms with Gasteiger partial charge in [0.05, 0.1) is 0 Å². The van der Waals surface area contributed by atoms with Crippen molar-refractivity contribution in [3.05, 3.63) is 35.1 Å². The van der Waals surface area contributed by atoms with Gasteiger partial charge in [0.15, 0.2) is 0 Å².